The van der Waals surface area contributed by atoms with Gasteiger partial charge >= 0.3 is 0 Å². The molecule has 0 unspecified atom stereocenters. The van der Waals surface area contributed by atoms with Crippen LogP contribution < -0.4 is 9.47 Å². The van der Waals surface area contributed by atoms with E-state index in [1.165, 1.54) is 11.3 Å². The molecule has 8 nitrogen and oxygen atoms in total. The number of carbonyl (C=O) groups is 2. The van der Waals surface area contributed by atoms with Crippen LogP contribution in [0.5, 0.6) is 11.5 Å². The number of hydrogen-bond donors (Lipinski definition) is 1. The van der Waals surface area contributed by atoms with E-state index in [2.05, 4.69) is 4.90 Å². The van der Waals surface area contributed by atoms with Gasteiger partial charge in [0.1, 0.15) is 19.0 Å². The molecule has 2 fully saturated rings. The van der Waals surface area contributed by atoms with E-state index in [1.54, 1.807) is 23.1 Å². The number of aliphatic hydroxyl groups excluding tert-OH is 1. The van der Waals surface area contributed by atoms with E-state index in [0.29, 0.717) is 36.8 Å². The van der Waals surface area contributed by atoms with Crippen LogP contribution in [0.15, 0.2) is 41.3 Å². The Kier molecular flexibility index (Phi) is 6.34. The van der Waals surface area contributed by atoms with Crippen LogP contribution in [0.3, 0.4) is 0 Å². The van der Waals surface area contributed by atoms with Gasteiger partial charge in [-0.2, -0.15) is 0 Å². The number of carbonyl (C=O) groups excluding carboxylic acids is 2. The minimum absolute atomic E-state index is 0.116. The summed E-state index contributed by atoms with van der Waals surface area (Å²) < 4.78 is 16.6. The van der Waals surface area contributed by atoms with E-state index in [-0.39, 0.29) is 11.3 Å². The lowest BCUT2D eigenvalue weighted by Gasteiger charge is -2.28. The lowest BCUT2D eigenvalue weighted by Crippen LogP contribution is -2.38. The normalized spacial score (nSPS) is 22.7. The van der Waals surface area contributed by atoms with E-state index in [0.717, 1.165) is 44.1 Å². The predicted molar refractivity (Wildman–Crippen MR) is 123 cm³/mol. The highest BCUT2D eigenvalue weighted by molar-refractivity contribution is 7.10. The molecule has 2 aromatic rings. The first-order valence-corrected chi connectivity index (χ1v) is 12.0. The number of nitrogens with zero attached hydrogens (tertiary/aromatic N) is 2. The third kappa shape index (κ3) is 4.36. The summed E-state index contributed by atoms with van der Waals surface area (Å²) in [6, 6.07) is 8.22. The first kappa shape index (κ1) is 21.9. The van der Waals surface area contributed by atoms with Crippen molar-refractivity contribution in [2.45, 2.75) is 12.5 Å². The van der Waals surface area contributed by atoms with Crippen molar-refractivity contribution in [1.29, 1.82) is 0 Å². The highest BCUT2D eigenvalue weighted by Gasteiger charge is 2.46. The minimum Gasteiger partial charge on any atom is -0.507 e. The zero-order chi connectivity index (χ0) is 22.8. The molecule has 5 rings (SSSR count). The number of thiophene rings is 1. The maximum atomic E-state index is 13.1. The van der Waals surface area contributed by atoms with Crippen LogP contribution in [-0.2, 0) is 14.3 Å². The SMILES string of the molecule is O=C1C(=O)N(CCCN2CCOCC2)[C@H](c2cccs2)C1=C(O)c1ccc2c(c1)OCCO2. The van der Waals surface area contributed by atoms with Gasteiger partial charge in [-0.15, -0.1) is 11.3 Å². The van der Waals surface area contributed by atoms with Crippen LogP contribution in [-0.4, -0.2) is 79.2 Å². The largest absolute Gasteiger partial charge is 0.507 e. The van der Waals surface area contributed by atoms with Crippen LogP contribution in [0, 0.1) is 0 Å². The summed E-state index contributed by atoms with van der Waals surface area (Å²) in [5.41, 5.74) is 0.539. The van der Waals surface area contributed by atoms with Crippen molar-refractivity contribution in [3.8, 4) is 11.5 Å². The molecule has 0 spiro atoms. The molecule has 9 heteroatoms. The van der Waals surface area contributed by atoms with Gasteiger partial charge in [0, 0.05) is 36.6 Å². The molecule has 1 N–H and O–H groups in total. The minimum atomic E-state index is -0.660. The van der Waals surface area contributed by atoms with E-state index < -0.39 is 17.7 Å². The first-order valence-electron chi connectivity index (χ1n) is 11.2. The lowest BCUT2D eigenvalue weighted by atomic mass is 9.99. The lowest BCUT2D eigenvalue weighted by molar-refractivity contribution is -0.140. The molecular formula is C24H26N2O6S. The molecule has 1 aromatic carbocycles. The van der Waals surface area contributed by atoms with Gasteiger partial charge < -0.3 is 24.2 Å². The standard InChI is InChI=1S/C24H26N2O6S/c27-22(16-4-5-17-18(15-16)32-13-12-31-17)20-21(19-3-1-14-33-19)26(24(29)23(20)28)7-2-6-25-8-10-30-11-9-25/h1,3-5,14-15,21,27H,2,6-13H2/t21-/m1/s1. The average molecular weight is 471 g/mol. The van der Waals surface area contributed by atoms with Crippen molar-refractivity contribution in [1.82, 2.24) is 9.80 Å². The van der Waals surface area contributed by atoms with Crippen LogP contribution >= 0.6 is 11.3 Å². The number of Topliss-reactive ketones (excluding diaryl/α,β-unsaturated/α-hetero) is 1. The van der Waals surface area contributed by atoms with Gasteiger partial charge in [0.05, 0.1) is 24.8 Å². The van der Waals surface area contributed by atoms with Crippen LogP contribution in [0.25, 0.3) is 5.76 Å². The van der Waals surface area contributed by atoms with Crippen LogP contribution in [0.4, 0.5) is 0 Å². The van der Waals surface area contributed by atoms with Gasteiger partial charge in [-0.3, -0.25) is 14.5 Å². The second kappa shape index (κ2) is 9.54. The highest BCUT2D eigenvalue weighted by atomic mass is 32.1. The summed E-state index contributed by atoms with van der Waals surface area (Å²) >= 11 is 1.47. The number of ether oxygens (including phenoxy) is 3. The fourth-order valence-electron chi connectivity index (χ4n) is 4.49. The van der Waals surface area contributed by atoms with Crippen molar-refractivity contribution in [2.75, 3.05) is 52.6 Å². The average Bonchev–Trinajstić information content (AvgIpc) is 3.47. The molecular weight excluding hydrogens is 444 g/mol. The maximum Gasteiger partial charge on any atom is 0.295 e. The number of rotatable bonds is 6. The Hall–Kier alpha value is -2.88. The maximum absolute atomic E-state index is 13.1. The Morgan fingerprint density at radius 2 is 1.82 bits per heavy atom. The van der Waals surface area contributed by atoms with Crippen molar-refractivity contribution in [3.63, 3.8) is 0 Å². The summed E-state index contributed by atoms with van der Waals surface area (Å²) in [6.07, 6.45) is 0.735. The summed E-state index contributed by atoms with van der Waals surface area (Å²) in [4.78, 5) is 30.9. The number of likely N-dealkylation sites (tertiary alicyclic amines) is 1. The van der Waals surface area contributed by atoms with Gasteiger partial charge in [-0.1, -0.05) is 6.07 Å². The van der Waals surface area contributed by atoms with E-state index in [9.17, 15) is 14.7 Å². The monoisotopic (exact) mass is 470 g/mol. The summed E-state index contributed by atoms with van der Waals surface area (Å²) in [5, 5.41) is 13.1. The van der Waals surface area contributed by atoms with Crippen LogP contribution in [0.2, 0.25) is 0 Å². The Morgan fingerprint density at radius 3 is 2.58 bits per heavy atom. The smallest absolute Gasteiger partial charge is 0.295 e. The van der Waals surface area contributed by atoms with E-state index in [4.69, 9.17) is 14.2 Å². The number of morpholine rings is 1. The molecule has 0 saturated carbocycles. The van der Waals surface area contributed by atoms with Crippen molar-refractivity contribution >= 4 is 28.8 Å². The molecule has 3 aliphatic rings. The predicted octanol–water partition coefficient (Wildman–Crippen LogP) is 2.66. The third-order valence-corrected chi connectivity index (χ3v) is 7.07. The van der Waals surface area contributed by atoms with Gasteiger partial charge in [-0.25, -0.2) is 0 Å². The topological polar surface area (TPSA) is 88.5 Å². The Morgan fingerprint density at radius 1 is 1.03 bits per heavy atom. The summed E-state index contributed by atoms with van der Waals surface area (Å²) in [5.74, 6) is -0.324. The van der Waals surface area contributed by atoms with Crippen molar-refractivity contribution in [2.24, 2.45) is 0 Å². The zero-order valence-electron chi connectivity index (χ0n) is 18.2. The molecule has 3 aliphatic heterocycles. The molecule has 1 atom stereocenters. The molecule has 33 heavy (non-hydrogen) atoms. The van der Waals surface area contributed by atoms with Gasteiger partial charge in [0.2, 0.25) is 0 Å². The Bertz CT molecular complexity index is 1060. The Labute approximate surface area is 196 Å². The number of aliphatic hydroxyl groups is 1. The van der Waals surface area contributed by atoms with Crippen molar-refractivity contribution < 1.29 is 28.9 Å². The fraction of sp³-hybridized carbons (Fsp3) is 0.417. The summed E-state index contributed by atoms with van der Waals surface area (Å²) in [6.45, 7) is 5.32. The van der Waals surface area contributed by atoms with E-state index in [1.807, 2.05) is 17.5 Å². The second-order valence-corrected chi connectivity index (χ2v) is 9.15. The molecule has 4 heterocycles. The zero-order valence-corrected chi connectivity index (χ0v) is 19.0. The van der Waals surface area contributed by atoms with Crippen molar-refractivity contribution in [3.05, 3.63) is 51.7 Å². The molecule has 174 valence electrons. The summed E-state index contributed by atoms with van der Waals surface area (Å²) in [7, 11) is 0. The fourth-order valence-corrected chi connectivity index (χ4v) is 5.33. The number of amides is 1. The number of fused-ring (bicyclic) bond motifs is 1. The number of benzene rings is 1. The molecule has 0 radical (unpaired) electrons. The van der Waals surface area contributed by atoms with E-state index >= 15 is 0 Å². The third-order valence-electron chi connectivity index (χ3n) is 6.15. The molecule has 1 aromatic heterocycles. The number of ketones is 1. The van der Waals surface area contributed by atoms with Crippen LogP contribution in [0.1, 0.15) is 22.9 Å². The number of hydrogen-bond acceptors (Lipinski definition) is 8. The van der Waals surface area contributed by atoms with Gasteiger partial charge in [-0.05, 0) is 36.1 Å². The quantitative estimate of drug-likeness (QED) is 0.395. The second-order valence-electron chi connectivity index (χ2n) is 8.17. The molecule has 2 saturated heterocycles. The Balaban J connectivity index is 1.44. The van der Waals surface area contributed by atoms with Gasteiger partial charge in [0.15, 0.2) is 11.5 Å². The molecule has 0 bridgehead atoms. The molecule has 1 amide bonds. The van der Waals surface area contributed by atoms with Gasteiger partial charge in [0.25, 0.3) is 11.7 Å². The molecule has 0 aliphatic carbocycles. The first-order chi connectivity index (χ1) is 16.1. The highest BCUT2D eigenvalue weighted by Crippen LogP contribution is 2.42.